The molecule has 2 aliphatic rings. The van der Waals surface area contributed by atoms with Gasteiger partial charge in [0.05, 0.1) is 12.7 Å². The molecular weight excluding hydrogens is 212 g/mol. The summed E-state index contributed by atoms with van der Waals surface area (Å²) in [6.45, 7) is 3.98. The molecule has 1 heterocycles. The van der Waals surface area contributed by atoms with Gasteiger partial charge in [-0.1, -0.05) is 19.8 Å². The van der Waals surface area contributed by atoms with Crippen LogP contribution in [0.1, 0.15) is 56.6 Å². The summed E-state index contributed by atoms with van der Waals surface area (Å²) in [7, 11) is 0. The summed E-state index contributed by atoms with van der Waals surface area (Å²) < 4.78 is 5.87. The minimum atomic E-state index is 0.699. The van der Waals surface area contributed by atoms with Crippen molar-refractivity contribution in [2.45, 2.75) is 51.5 Å². The fraction of sp³-hybridized carbons (Fsp3) is 0.786. The Kier molecular flexibility index (Phi) is 3.19. The van der Waals surface area contributed by atoms with Crippen LogP contribution in [0.4, 0.5) is 0 Å². The average Bonchev–Trinajstić information content (AvgIpc) is 2.91. The van der Waals surface area contributed by atoms with Crippen LogP contribution in [0.25, 0.3) is 0 Å². The van der Waals surface area contributed by atoms with Crippen LogP contribution in [0.2, 0.25) is 0 Å². The van der Waals surface area contributed by atoms with Gasteiger partial charge in [0.2, 0.25) is 5.89 Å². The van der Waals surface area contributed by atoms with Gasteiger partial charge < -0.3 is 9.73 Å². The standard InChI is InChI=1S/C14H22N2O/c1-2-7-15-9-13-16-8-12(17-13)14-10-5-3-4-6-11(10)14/h8,10-11,14-15H,2-7,9H2,1H3. The van der Waals surface area contributed by atoms with Gasteiger partial charge in [0.15, 0.2) is 0 Å². The van der Waals surface area contributed by atoms with Crippen molar-refractivity contribution in [3.63, 3.8) is 0 Å². The zero-order valence-electron chi connectivity index (χ0n) is 10.6. The first-order valence-electron chi connectivity index (χ1n) is 7.05. The van der Waals surface area contributed by atoms with Gasteiger partial charge in [-0.2, -0.15) is 0 Å². The Morgan fingerprint density at radius 3 is 2.82 bits per heavy atom. The lowest BCUT2D eigenvalue weighted by Gasteiger charge is -2.04. The van der Waals surface area contributed by atoms with E-state index in [4.69, 9.17) is 4.42 Å². The zero-order chi connectivity index (χ0) is 11.7. The third-order valence-corrected chi connectivity index (χ3v) is 4.26. The van der Waals surface area contributed by atoms with Crippen molar-refractivity contribution in [3.05, 3.63) is 17.8 Å². The highest BCUT2D eigenvalue weighted by Crippen LogP contribution is 2.61. The van der Waals surface area contributed by atoms with E-state index in [0.717, 1.165) is 43.0 Å². The molecule has 0 aliphatic heterocycles. The monoisotopic (exact) mass is 234 g/mol. The SMILES string of the molecule is CCCNCc1ncc(C2C3CCCCC32)o1. The molecule has 0 aromatic carbocycles. The third-order valence-electron chi connectivity index (χ3n) is 4.26. The topological polar surface area (TPSA) is 38.1 Å². The van der Waals surface area contributed by atoms with Crippen molar-refractivity contribution in [2.24, 2.45) is 11.8 Å². The predicted octanol–water partition coefficient (Wildman–Crippen LogP) is 3.08. The predicted molar refractivity (Wildman–Crippen MR) is 66.7 cm³/mol. The average molecular weight is 234 g/mol. The first kappa shape index (κ1) is 11.3. The lowest BCUT2D eigenvalue weighted by molar-refractivity contribution is 0.430. The Balaban J connectivity index is 1.57. The lowest BCUT2D eigenvalue weighted by atomic mass is 10.0. The van der Waals surface area contributed by atoms with Crippen molar-refractivity contribution >= 4 is 0 Å². The molecule has 2 atom stereocenters. The molecule has 2 fully saturated rings. The molecule has 2 saturated carbocycles. The summed E-state index contributed by atoms with van der Waals surface area (Å²) in [4.78, 5) is 4.38. The molecule has 3 rings (SSSR count). The molecule has 17 heavy (non-hydrogen) atoms. The first-order chi connectivity index (χ1) is 8.40. The minimum absolute atomic E-state index is 0.699. The molecule has 1 aromatic rings. The molecule has 94 valence electrons. The van der Waals surface area contributed by atoms with E-state index < -0.39 is 0 Å². The van der Waals surface area contributed by atoms with Crippen LogP contribution in [0.15, 0.2) is 10.6 Å². The Bertz CT molecular complexity index is 362. The molecule has 2 unspecified atom stereocenters. The largest absolute Gasteiger partial charge is 0.444 e. The first-order valence-corrected chi connectivity index (χ1v) is 7.05. The quantitative estimate of drug-likeness (QED) is 0.796. The molecule has 1 N–H and O–H groups in total. The highest BCUT2D eigenvalue weighted by molar-refractivity contribution is 5.18. The van der Waals surface area contributed by atoms with Crippen molar-refractivity contribution in [3.8, 4) is 0 Å². The lowest BCUT2D eigenvalue weighted by Crippen LogP contribution is -2.13. The number of rotatable bonds is 5. The number of oxazole rings is 1. The fourth-order valence-corrected chi connectivity index (χ4v) is 3.35. The Hall–Kier alpha value is -0.830. The molecule has 1 aromatic heterocycles. The maximum atomic E-state index is 5.87. The van der Waals surface area contributed by atoms with E-state index in [9.17, 15) is 0 Å². The molecule has 2 aliphatic carbocycles. The Labute approximate surface area is 103 Å². The van der Waals surface area contributed by atoms with Crippen LogP contribution < -0.4 is 5.32 Å². The van der Waals surface area contributed by atoms with E-state index in [1.54, 1.807) is 0 Å². The molecule has 0 saturated heterocycles. The van der Waals surface area contributed by atoms with Crippen molar-refractivity contribution < 1.29 is 4.42 Å². The number of fused-ring (bicyclic) bond motifs is 1. The number of aromatic nitrogens is 1. The minimum Gasteiger partial charge on any atom is -0.444 e. The number of hydrogen-bond donors (Lipinski definition) is 1. The van der Waals surface area contributed by atoms with Gasteiger partial charge in [0.1, 0.15) is 5.76 Å². The van der Waals surface area contributed by atoms with E-state index in [1.807, 2.05) is 6.20 Å². The number of nitrogens with zero attached hydrogens (tertiary/aromatic N) is 1. The maximum Gasteiger partial charge on any atom is 0.208 e. The number of nitrogens with one attached hydrogen (secondary N) is 1. The van der Waals surface area contributed by atoms with Gasteiger partial charge >= 0.3 is 0 Å². The van der Waals surface area contributed by atoms with Crippen LogP contribution in [-0.2, 0) is 6.54 Å². The van der Waals surface area contributed by atoms with Crippen LogP contribution in [-0.4, -0.2) is 11.5 Å². The van der Waals surface area contributed by atoms with Gasteiger partial charge in [-0.05, 0) is 37.6 Å². The van der Waals surface area contributed by atoms with E-state index in [2.05, 4.69) is 17.2 Å². The smallest absolute Gasteiger partial charge is 0.208 e. The van der Waals surface area contributed by atoms with Crippen LogP contribution in [0.5, 0.6) is 0 Å². The van der Waals surface area contributed by atoms with E-state index in [1.165, 1.54) is 25.7 Å². The molecule has 0 amide bonds. The van der Waals surface area contributed by atoms with Crippen LogP contribution in [0.3, 0.4) is 0 Å². The van der Waals surface area contributed by atoms with E-state index in [-0.39, 0.29) is 0 Å². The normalized spacial score (nSPS) is 31.2. The summed E-state index contributed by atoms with van der Waals surface area (Å²) in [5, 5.41) is 3.33. The van der Waals surface area contributed by atoms with Crippen molar-refractivity contribution in [1.82, 2.24) is 10.3 Å². The zero-order valence-corrected chi connectivity index (χ0v) is 10.6. The van der Waals surface area contributed by atoms with Gasteiger partial charge in [0.25, 0.3) is 0 Å². The second kappa shape index (κ2) is 4.81. The number of hydrogen-bond acceptors (Lipinski definition) is 3. The second-order valence-electron chi connectivity index (χ2n) is 5.47. The van der Waals surface area contributed by atoms with Gasteiger partial charge in [-0.25, -0.2) is 4.98 Å². The Morgan fingerprint density at radius 1 is 1.35 bits per heavy atom. The third kappa shape index (κ3) is 2.25. The highest BCUT2D eigenvalue weighted by atomic mass is 16.4. The van der Waals surface area contributed by atoms with Crippen LogP contribution in [0, 0.1) is 11.8 Å². The van der Waals surface area contributed by atoms with Crippen molar-refractivity contribution in [2.75, 3.05) is 6.54 Å². The van der Waals surface area contributed by atoms with Gasteiger partial charge in [-0.15, -0.1) is 0 Å². The summed E-state index contributed by atoms with van der Waals surface area (Å²) in [5.74, 6) is 4.53. The second-order valence-corrected chi connectivity index (χ2v) is 5.47. The molecular formula is C14H22N2O. The molecule has 0 spiro atoms. The van der Waals surface area contributed by atoms with Gasteiger partial charge in [-0.3, -0.25) is 0 Å². The Morgan fingerprint density at radius 2 is 2.12 bits per heavy atom. The van der Waals surface area contributed by atoms with Crippen molar-refractivity contribution in [1.29, 1.82) is 0 Å². The maximum absolute atomic E-state index is 5.87. The molecule has 3 nitrogen and oxygen atoms in total. The summed E-state index contributed by atoms with van der Waals surface area (Å²) in [6, 6.07) is 0. The highest BCUT2D eigenvalue weighted by Gasteiger charge is 2.53. The summed E-state index contributed by atoms with van der Waals surface area (Å²) in [5.41, 5.74) is 0. The molecule has 0 radical (unpaired) electrons. The summed E-state index contributed by atoms with van der Waals surface area (Å²) in [6.07, 6.45) is 8.75. The molecule has 3 heteroatoms. The fourth-order valence-electron chi connectivity index (χ4n) is 3.35. The van der Waals surface area contributed by atoms with Crippen LogP contribution >= 0.6 is 0 Å². The van der Waals surface area contributed by atoms with E-state index >= 15 is 0 Å². The van der Waals surface area contributed by atoms with Gasteiger partial charge in [0, 0.05) is 5.92 Å². The summed E-state index contributed by atoms with van der Waals surface area (Å²) >= 11 is 0. The molecule has 0 bridgehead atoms. The van der Waals surface area contributed by atoms with E-state index in [0.29, 0.717) is 5.92 Å².